The third-order valence-electron chi connectivity index (χ3n) is 7.11. The first-order valence-corrected chi connectivity index (χ1v) is 13.0. The number of benzene rings is 3. The van der Waals surface area contributed by atoms with Gasteiger partial charge in [-0.15, -0.1) is 0 Å². The SMILES string of the molecule is COc1ccc(CC(CC(=O)c2nc3ccccc3[nH]2)C(=O)NC(Cc2ccccc2)C(=O)C2(C)CO2)cc1. The number of H-pyrrole nitrogens is 1. The molecule has 8 heteroatoms. The lowest BCUT2D eigenvalue weighted by Gasteiger charge is -2.23. The number of fused-ring (bicyclic) bond motifs is 1. The Morgan fingerprint density at radius 3 is 2.31 bits per heavy atom. The van der Waals surface area contributed by atoms with E-state index in [9.17, 15) is 14.4 Å². The van der Waals surface area contributed by atoms with E-state index >= 15 is 0 Å². The van der Waals surface area contributed by atoms with Crippen molar-refractivity contribution in [1.29, 1.82) is 0 Å². The number of imidazole rings is 1. The van der Waals surface area contributed by atoms with Crippen molar-refractivity contribution in [3.05, 3.63) is 95.8 Å². The number of epoxide rings is 1. The second-order valence-electron chi connectivity index (χ2n) is 10.1. The quantitative estimate of drug-likeness (QED) is 0.213. The standard InChI is InChI=1S/C31H31N3O5/c1-31(19-39-31)28(36)26(17-20-8-4-3-5-9-20)34-30(37)22(16-21-12-14-23(38-2)15-13-21)18-27(35)29-32-24-10-6-7-11-25(24)33-29/h3-15,22,26H,16-19H2,1-2H3,(H,32,33)(H,34,37). The van der Waals surface area contributed by atoms with Gasteiger partial charge in [-0.25, -0.2) is 4.98 Å². The minimum absolute atomic E-state index is 0.0717. The van der Waals surface area contributed by atoms with E-state index in [1.807, 2.05) is 78.9 Å². The van der Waals surface area contributed by atoms with Crippen LogP contribution >= 0.6 is 0 Å². The van der Waals surface area contributed by atoms with Crippen LogP contribution in [-0.4, -0.2) is 52.8 Å². The lowest BCUT2D eigenvalue weighted by molar-refractivity contribution is -0.132. The second-order valence-corrected chi connectivity index (χ2v) is 10.1. The van der Waals surface area contributed by atoms with Gasteiger partial charge in [0.15, 0.2) is 17.4 Å². The molecule has 4 aromatic rings. The third-order valence-corrected chi connectivity index (χ3v) is 7.11. The number of Topliss-reactive ketones (excluding diaryl/α,β-unsaturated/α-hetero) is 2. The molecule has 1 aliphatic heterocycles. The van der Waals surface area contributed by atoms with Gasteiger partial charge in [0, 0.05) is 12.3 Å². The molecule has 8 nitrogen and oxygen atoms in total. The molecule has 2 heterocycles. The Bertz CT molecular complexity index is 1440. The van der Waals surface area contributed by atoms with Gasteiger partial charge in [-0.3, -0.25) is 14.4 Å². The highest BCUT2D eigenvalue weighted by molar-refractivity contribution is 6.00. The van der Waals surface area contributed by atoms with Gasteiger partial charge < -0.3 is 19.8 Å². The van der Waals surface area contributed by atoms with Crippen LogP contribution < -0.4 is 10.1 Å². The van der Waals surface area contributed by atoms with Gasteiger partial charge in [0.1, 0.15) is 11.4 Å². The molecule has 1 amide bonds. The molecular formula is C31H31N3O5. The molecule has 3 unspecified atom stereocenters. The normalized spacial score (nSPS) is 17.8. The van der Waals surface area contributed by atoms with E-state index in [-0.39, 0.29) is 29.7 Å². The van der Waals surface area contributed by atoms with Crippen LogP contribution in [-0.2, 0) is 27.2 Å². The zero-order valence-electron chi connectivity index (χ0n) is 22.0. The highest BCUT2D eigenvalue weighted by Crippen LogP contribution is 2.29. The molecule has 0 bridgehead atoms. The predicted molar refractivity (Wildman–Crippen MR) is 147 cm³/mol. The average Bonchev–Trinajstić information content (AvgIpc) is 3.56. The van der Waals surface area contributed by atoms with E-state index in [1.54, 1.807) is 14.0 Å². The van der Waals surface area contributed by atoms with Crippen molar-refractivity contribution in [3.8, 4) is 5.75 Å². The maximum atomic E-state index is 13.8. The molecule has 1 fully saturated rings. The second kappa shape index (κ2) is 11.2. The maximum Gasteiger partial charge on any atom is 0.224 e. The Labute approximate surface area is 226 Å². The molecule has 200 valence electrons. The van der Waals surface area contributed by atoms with Crippen LogP contribution in [0.3, 0.4) is 0 Å². The molecule has 3 atom stereocenters. The molecule has 1 saturated heterocycles. The van der Waals surface area contributed by atoms with Crippen LogP contribution in [0.15, 0.2) is 78.9 Å². The zero-order valence-corrected chi connectivity index (χ0v) is 22.0. The van der Waals surface area contributed by atoms with Gasteiger partial charge in [-0.2, -0.15) is 0 Å². The fraction of sp³-hybridized carbons (Fsp3) is 0.290. The minimum atomic E-state index is -0.900. The third kappa shape index (κ3) is 6.23. The summed E-state index contributed by atoms with van der Waals surface area (Å²) in [7, 11) is 1.59. The number of carbonyl (C=O) groups excluding carboxylic acids is 3. The average molecular weight is 526 g/mol. The summed E-state index contributed by atoms with van der Waals surface area (Å²) in [6.07, 6.45) is 0.566. The lowest BCUT2D eigenvalue weighted by atomic mass is 9.90. The highest BCUT2D eigenvalue weighted by Gasteiger charge is 2.50. The number of aromatic amines is 1. The van der Waals surface area contributed by atoms with Gasteiger partial charge in [0.2, 0.25) is 5.91 Å². The number of hydrogen-bond acceptors (Lipinski definition) is 6. The maximum absolute atomic E-state index is 13.8. The summed E-state index contributed by atoms with van der Waals surface area (Å²) in [5.41, 5.74) is 2.33. The number of hydrogen-bond donors (Lipinski definition) is 2. The molecule has 1 aliphatic rings. The fourth-order valence-corrected chi connectivity index (χ4v) is 4.68. The number of carbonyl (C=O) groups is 3. The summed E-state index contributed by atoms with van der Waals surface area (Å²) in [5.74, 6) is -0.634. The smallest absolute Gasteiger partial charge is 0.224 e. The van der Waals surface area contributed by atoms with Crippen molar-refractivity contribution >= 4 is 28.5 Å². The topological polar surface area (TPSA) is 114 Å². The monoisotopic (exact) mass is 525 g/mol. The van der Waals surface area contributed by atoms with Gasteiger partial charge in [-0.1, -0.05) is 54.6 Å². The highest BCUT2D eigenvalue weighted by atomic mass is 16.6. The molecule has 5 rings (SSSR count). The number of ether oxygens (including phenoxy) is 2. The lowest BCUT2D eigenvalue weighted by Crippen LogP contribution is -2.49. The summed E-state index contributed by atoms with van der Waals surface area (Å²) in [6.45, 7) is 2.06. The van der Waals surface area contributed by atoms with E-state index in [0.29, 0.717) is 30.7 Å². The molecule has 39 heavy (non-hydrogen) atoms. The van der Waals surface area contributed by atoms with Crippen LogP contribution in [0.1, 0.15) is 35.1 Å². The Balaban J connectivity index is 1.39. The van der Waals surface area contributed by atoms with E-state index in [1.165, 1.54) is 0 Å². The van der Waals surface area contributed by atoms with Gasteiger partial charge in [-0.05, 0) is 55.2 Å². The Morgan fingerprint density at radius 2 is 1.64 bits per heavy atom. The van der Waals surface area contributed by atoms with E-state index in [0.717, 1.165) is 16.6 Å². The number of nitrogens with zero attached hydrogens (tertiary/aromatic N) is 1. The molecule has 0 aliphatic carbocycles. The number of rotatable bonds is 12. The van der Waals surface area contributed by atoms with Crippen LogP contribution in [0.5, 0.6) is 5.75 Å². The molecule has 1 aromatic heterocycles. The Morgan fingerprint density at radius 1 is 0.974 bits per heavy atom. The van der Waals surface area contributed by atoms with Crippen LogP contribution in [0.2, 0.25) is 0 Å². The van der Waals surface area contributed by atoms with Gasteiger partial charge in [0.05, 0.1) is 30.8 Å². The van der Waals surface area contributed by atoms with Crippen molar-refractivity contribution < 1.29 is 23.9 Å². The number of aromatic nitrogens is 2. The van der Waals surface area contributed by atoms with Crippen molar-refractivity contribution in [1.82, 2.24) is 15.3 Å². The number of amides is 1. The fourth-order valence-electron chi connectivity index (χ4n) is 4.68. The zero-order chi connectivity index (χ0) is 27.4. The summed E-state index contributed by atoms with van der Waals surface area (Å²) in [6, 6.07) is 23.5. The number of para-hydroxylation sites is 2. The van der Waals surface area contributed by atoms with E-state index < -0.39 is 17.6 Å². The van der Waals surface area contributed by atoms with Gasteiger partial charge >= 0.3 is 0 Å². The molecule has 0 radical (unpaired) electrons. The number of methoxy groups -OCH3 is 1. The Kier molecular flexibility index (Phi) is 7.56. The molecule has 0 saturated carbocycles. The number of nitrogens with one attached hydrogen (secondary N) is 2. The predicted octanol–water partition coefficient (Wildman–Crippen LogP) is 4.09. The van der Waals surface area contributed by atoms with E-state index in [4.69, 9.17) is 9.47 Å². The van der Waals surface area contributed by atoms with Crippen molar-refractivity contribution in [3.63, 3.8) is 0 Å². The first-order valence-electron chi connectivity index (χ1n) is 13.0. The first kappa shape index (κ1) is 26.3. The molecule has 0 spiro atoms. The first-order chi connectivity index (χ1) is 18.8. The summed E-state index contributed by atoms with van der Waals surface area (Å²) in [4.78, 5) is 47.9. The van der Waals surface area contributed by atoms with Crippen LogP contribution in [0, 0.1) is 5.92 Å². The van der Waals surface area contributed by atoms with E-state index in [2.05, 4.69) is 15.3 Å². The number of ketones is 2. The van der Waals surface area contributed by atoms with Gasteiger partial charge in [0.25, 0.3) is 0 Å². The largest absolute Gasteiger partial charge is 0.497 e. The summed E-state index contributed by atoms with van der Waals surface area (Å²) >= 11 is 0. The van der Waals surface area contributed by atoms with Crippen LogP contribution in [0.25, 0.3) is 11.0 Å². The molecular weight excluding hydrogens is 494 g/mol. The van der Waals surface area contributed by atoms with Crippen LogP contribution in [0.4, 0.5) is 0 Å². The molecule has 2 N–H and O–H groups in total. The van der Waals surface area contributed by atoms with Crippen molar-refractivity contribution in [2.45, 2.75) is 37.8 Å². The minimum Gasteiger partial charge on any atom is -0.497 e. The van der Waals surface area contributed by atoms with Crippen molar-refractivity contribution in [2.24, 2.45) is 5.92 Å². The van der Waals surface area contributed by atoms with Crippen molar-refractivity contribution in [2.75, 3.05) is 13.7 Å². The summed E-state index contributed by atoms with van der Waals surface area (Å²) in [5, 5.41) is 2.96. The Hall–Kier alpha value is -4.30. The summed E-state index contributed by atoms with van der Waals surface area (Å²) < 4.78 is 10.7. The molecule has 3 aromatic carbocycles.